The van der Waals surface area contributed by atoms with Crippen molar-refractivity contribution in [2.24, 2.45) is 0 Å². The topological polar surface area (TPSA) is 57.6 Å². The van der Waals surface area contributed by atoms with Crippen LogP contribution in [0.4, 0.5) is 5.69 Å². The number of nitrogens with zero attached hydrogens (tertiary/aromatic N) is 1. The first-order valence-corrected chi connectivity index (χ1v) is 6.52. The first kappa shape index (κ1) is 12.0. The molecular weight excluding hydrogens is 242 g/mol. The summed E-state index contributed by atoms with van der Waals surface area (Å²) in [4.78, 5) is 24.4. The molecule has 4 nitrogen and oxygen atoms in total. The third-order valence-corrected chi connectivity index (χ3v) is 3.72. The number of carbonyl (C=O) groups is 2. The standard InChI is InChI=1S/C15H15NO3/c17-13-5-4-12-9-10(3-6-14(18)19)8-11-2-1-7-16(13)15(11)12/h3,6,8-9H,1-2,4-5,7H2,(H,18,19)/b6-3+. The smallest absolute Gasteiger partial charge is 0.328 e. The second-order valence-corrected chi connectivity index (χ2v) is 5.01. The first-order valence-electron chi connectivity index (χ1n) is 6.52. The molecule has 0 saturated carbocycles. The third-order valence-electron chi connectivity index (χ3n) is 3.72. The molecule has 0 atom stereocenters. The molecule has 0 spiro atoms. The van der Waals surface area contributed by atoms with Crippen LogP contribution >= 0.6 is 0 Å². The van der Waals surface area contributed by atoms with Crippen molar-refractivity contribution in [3.05, 3.63) is 34.9 Å². The van der Waals surface area contributed by atoms with Crippen molar-refractivity contribution in [3.8, 4) is 0 Å². The molecule has 19 heavy (non-hydrogen) atoms. The van der Waals surface area contributed by atoms with E-state index in [1.54, 1.807) is 6.08 Å². The molecular formula is C15H15NO3. The number of aryl methyl sites for hydroxylation is 2. The van der Waals surface area contributed by atoms with Gasteiger partial charge in [0, 0.05) is 19.0 Å². The Hall–Kier alpha value is -2.10. The number of amides is 1. The number of benzene rings is 1. The lowest BCUT2D eigenvalue weighted by molar-refractivity contribution is -0.131. The SMILES string of the molecule is O=C(O)/C=C/c1cc2c3c(c1)CCC(=O)N3CCC2. The Labute approximate surface area is 111 Å². The van der Waals surface area contributed by atoms with Crippen LogP contribution < -0.4 is 4.90 Å². The molecule has 0 fully saturated rings. The van der Waals surface area contributed by atoms with Crippen LogP contribution in [0.25, 0.3) is 6.08 Å². The number of anilines is 1. The van der Waals surface area contributed by atoms with Crippen molar-refractivity contribution < 1.29 is 14.7 Å². The molecule has 2 heterocycles. The normalized spacial score (nSPS) is 17.7. The Morgan fingerprint density at radius 1 is 1.21 bits per heavy atom. The Kier molecular flexibility index (Phi) is 2.85. The molecule has 0 aliphatic carbocycles. The maximum atomic E-state index is 11.9. The van der Waals surface area contributed by atoms with Gasteiger partial charge in [-0.25, -0.2) is 4.79 Å². The molecule has 2 aliphatic heterocycles. The van der Waals surface area contributed by atoms with Crippen molar-refractivity contribution >= 4 is 23.6 Å². The minimum atomic E-state index is -0.942. The van der Waals surface area contributed by atoms with Gasteiger partial charge < -0.3 is 10.0 Å². The lowest BCUT2D eigenvalue weighted by Crippen LogP contribution is -2.39. The lowest BCUT2D eigenvalue weighted by Gasteiger charge is -2.35. The fraction of sp³-hybridized carbons (Fsp3) is 0.333. The van der Waals surface area contributed by atoms with Gasteiger partial charge in [-0.15, -0.1) is 0 Å². The number of carbonyl (C=O) groups excluding carboxylic acids is 1. The van der Waals surface area contributed by atoms with Crippen LogP contribution in [0.3, 0.4) is 0 Å². The summed E-state index contributed by atoms with van der Waals surface area (Å²) in [6.45, 7) is 0.809. The van der Waals surface area contributed by atoms with Crippen molar-refractivity contribution in [2.75, 3.05) is 11.4 Å². The van der Waals surface area contributed by atoms with Gasteiger partial charge in [-0.05, 0) is 54.2 Å². The van der Waals surface area contributed by atoms with E-state index in [0.717, 1.165) is 43.1 Å². The van der Waals surface area contributed by atoms with E-state index >= 15 is 0 Å². The zero-order valence-corrected chi connectivity index (χ0v) is 10.6. The minimum Gasteiger partial charge on any atom is -0.478 e. The fourth-order valence-corrected chi connectivity index (χ4v) is 2.94. The van der Waals surface area contributed by atoms with E-state index < -0.39 is 5.97 Å². The molecule has 1 aromatic rings. The Bertz CT molecular complexity index is 572. The van der Waals surface area contributed by atoms with Crippen LogP contribution in [0.15, 0.2) is 18.2 Å². The van der Waals surface area contributed by atoms with E-state index in [1.807, 2.05) is 17.0 Å². The summed E-state index contributed by atoms with van der Waals surface area (Å²) in [7, 11) is 0. The maximum Gasteiger partial charge on any atom is 0.328 e. The van der Waals surface area contributed by atoms with Crippen LogP contribution in [0.2, 0.25) is 0 Å². The summed E-state index contributed by atoms with van der Waals surface area (Å²) in [5, 5.41) is 8.69. The molecule has 4 heteroatoms. The summed E-state index contributed by atoms with van der Waals surface area (Å²) in [6, 6.07) is 4.01. The zero-order valence-electron chi connectivity index (χ0n) is 10.6. The summed E-state index contributed by atoms with van der Waals surface area (Å²) < 4.78 is 0. The fourth-order valence-electron chi connectivity index (χ4n) is 2.94. The molecule has 0 saturated heterocycles. The van der Waals surface area contributed by atoms with Gasteiger partial charge in [0.15, 0.2) is 0 Å². The van der Waals surface area contributed by atoms with Gasteiger partial charge in [-0.2, -0.15) is 0 Å². The number of aliphatic carboxylic acids is 1. The van der Waals surface area contributed by atoms with Crippen LogP contribution in [-0.2, 0) is 22.4 Å². The largest absolute Gasteiger partial charge is 0.478 e. The molecule has 0 unspecified atom stereocenters. The highest BCUT2D eigenvalue weighted by atomic mass is 16.4. The summed E-state index contributed by atoms with van der Waals surface area (Å²) in [5.41, 5.74) is 4.33. The second kappa shape index (κ2) is 4.53. The highest BCUT2D eigenvalue weighted by Gasteiger charge is 2.29. The van der Waals surface area contributed by atoms with Crippen molar-refractivity contribution in [1.29, 1.82) is 0 Å². The molecule has 1 N–H and O–H groups in total. The molecule has 1 amide bonds. The van der Waals surface area contributed by atoms with Crippen LogP contribution in [0.5, 0.6) is 0 Å². The molecule has 2 aliphatic rings. The maximum absolute atomic E-state index is 11.9. The highest BCUT2D eigenvalue weighted by Crippen LogP contribution is 2.36. The van der Waals surface area contributed by atoms with E-state index in [2.05, 4.69) is 0 Å². The average molecular weight is 257 g/mol. The van der Waals surface area contributed by atoms with Gasteiger partial charge in [0.1, 0.15) is 0 Å². The van der Waals surface area contributed by atoms with Gasteiger partial charge in [0.05, 0.1) is 5.69 Å². The zero-order chi connectivity index (χ0) is 13.4. The molecule has 0 radical (unpaired) electrons. The lowest BCUT2D eigenvalue weighted by atomic mass is 9.89. The summed E-state index contributed by atoms with van der Waals surface area (Å²) in [6.07, 6.45) is 6.02. The summed E-state index contributed by atoms with van der Waals surface area (Å²) >= 11 is 0. The molecule has 0 bridgehead atoms. The van der Waals surface area contributed by atoms with Crippen molar-refractivity contribution in [1.82, 2.24) is 0 Å². The molecule has 1 aromatic carbocycles. The van der Waals surface area contributed by atoms with Crippen molar-refractivity contribution in [3.63, 3.8) is 0 Å². The highest BCUT2D eigenvalue weighted by molar-refractivity contribution is 5.98. The van der Waals surface area contributed by atoms with Crippen LogP contribution in [0.1, 0.15) is 29.5 Å². The van der Waals surface area contributed by atoms with E-state index in [-0.39, 0.29) is 5.91 Å². The Morgan fingerprint density at radius 3 is 2.68 bits per heavy atom. The van der Waals surface area contributed by atoms with Crippen LogP contribution in [-0.4, -0.2) is 23.5 Å². The van der Waals surface area contributed by atoms with Gasteiger partial charge in [-0.3, -0.25) is 4.79 Å². The number of carboxylic acids is 1. The Morgan fingerprint density at radius 2 is 1.95 bits per heavy atom. The number of carboxylic acid groups (broad SMARTS) is 1. The first-order chi connectivity index (χ1) is 9.15. The van der Waals surface area contributed by atoms with E-state index in [1.165, 1.54) is 11.1 Å². The van der Waals surface area contributed by atoms with Gasteiger partial charge in [0.2, 0.25) is 5.91 Å². The van der Waals surface area contributed by atoms with Crippen molar-refractivity contribution in [2.45, 2.75) is 25.7 Å². The molecule has 3 rings (SSSR count). The predicted octanol–water partition coefficient (Wildman–Crippen LogP) is 2.01. The van der Waals surface area contributed by atoms with Gasteiger partial charge >= 0.3 is 5.97 Å². The summed E-state index contributed by atoms with van der Waals surface area (Å²) in [5.74, 6) is -0.731. The predicted molar refractivity (Wildman–Crippen MR) is 72.1 cm³/mol. The van der Waals surface area contributed by atoms with Gasteiger partial charge in [0.25, 0.3) is 0 Å². The average Bonchev–Trinajstić information content (AvgIpc) is 2.40. The number of hydrogen-bond donors (Lipinski definition) is 1. The van der Waals surface area contributed by atoms with Crippen LogP contribution in [0, 0.1) is 0 Å². The molecule has 0 aromatic heterocycles. The molecule has 98 valence electrons. The van der Waals surface area contributed by atoms with E-state index in [4.69, 9.17) is 5.11 Å². The third kappa shape index (κ3) is 2.14. The number of hydrogen-bond acceptors (Lipinski definition) is 2. The quantitative estimate of drug-likeness (QED) is 0.824. The minimum absolute atomic E-state index is 0.210. The monoisotopic (exact) mass is 257 g/mol. The van der Waals surface area contributed by atoms with E-state index in [0.29, 0.717) is 6.42 Å². The van der Waals surface area contributed by atoms with E-state index in [9.17, 15) is 9.59 Å². The Balaban J connectivity index is 2.06. The second-order valence-electron chi connectivity index (χ2n) is 5.01. The van der Waals surface area contributed by atoms with Gasteiger partial charge in [-0.1, -0.05) is 0 Å². The number of rotatable bonds is 2.